The minimum absolute atomic E-state index is 0.0905. The van der Waals surface area contributed by atoms with E-state index in [1.165, 1.54) is 0 Å². The second-order valence-electron chi connectivity index (χ2n) is 10.7. The smallest absolute Gasteiger partial charge is 0.305 e. The molecular weight excluding hydrogens is 602 g/mol. The molecule has 5 aromatic rings. The summed E-state index contributed by atoms with van der Waals surface area (Å²) in [4.78, 5) is 26.2. The highest BCUT2D eigenvalue weighted by molar-refractivity contribution is 7.89. The SMILES string of the molecule is CCOC(=O)CCCCO/N=C(/c1cccnc1)c1cccc(CNS(=O)(=O)c2ccc(Cn3c(C)nc4ccccc43)cc2)c1. The van der Waals surface area contributed by atoms with Crippen LogP contribution in [0, 0.1) is 6.92 Å². The maximum Gasteiger partial charge on any atom is 0.305 e. The zero-order chi connectivity index (χ0) is 32.4. The Labute approximate surface area is 269 Å². The molecule has 0 saturated carbocycles. The number of hydrogen-bond donors (Lipinski definition) is 1. The molecule has 0 radical (unpaired) electrons. The van der Waals surface area contributed by atoms with Gasteiger partial charge in [0, 0.05) is 43.0 Å². The van der Waals surface area contributed by atoms with Crippen molar-refractivity contribution in [2.45, 2.75) is 51.1 Å². The van der Waals surface area contributed by atoms with E-state index in [-0.39, 0.29) is 17.4 Å². The van der Waals surface area contributed by atoms with E-state index in [1.54, 1.807) is 31.5 Å². The van der Waals surface area contributed by atoms with Gasteiger partial charge in [-0.1, -0.05) is 47.6 Å². The molecule has 0 spiro atoms. The van der Waals surface area contributed by atoms with E-state index in [4.69, 9.17) is 9.57 Å². The van der Waals surface area contributed by atoms with Gasteiger partial charge in [0.25, 0.3) is 0 Å². The lowest BCUT2D eigenvalue weighted by atomic mass is 10.0. The molecule has 2 heterocycles. The first-order chi connectivity index (χ1) is 22.3. The van der Waals surface area contributed by atoms with Crippen LogP contribution in [0.5, 0.6) is 0 Å². The maximum absolute atomic E-state index is 13.2. The van der Waals surface area contributed by atoms with Gasteiger partial charge in [0.15, 0.2) is 0 Å². The average Bonchev–Trinajstić information content (AvgIpc) is 3.38. The van der Waals surface area contributed by atoms with Crippen molar-refractivity contribution in [3.63, 3.8) is 0 Å². The normalized spacial score (nSPS) is 11.9. The molecule has 3 aromatic carbocycles. The number of nitrogens with zero attached hydrogens (tertiary/aromatic N) is 4. The Hall–Kier alpha value is -4.87. The van der Waals surface area contributed by atoms with Crippen LogP contribution in [0.15, 0.2) is 107 Å². The number of aryl methyl sites for hydroxylation is 1. The number of para-hydroxylation sites is 2. The summed E-state index contributed by atoms with van der Waals surface area (Å²) in [5.41, 5.74) is 5.78. The first-order valence-corrected chi connectivity index (χ1v) is 16.7. The van der Waals surface area contributed by atoms with Gasteiger partial charge in [-0.05, 0) is 80.3 Å². The number of ether oxygens (including phenoxy) is 1. The quantitative estimate of drug-likeness (QED) is 0.0668. The number of rotatable bonds is 15. The van der Waals surface area contributed by atoms with E-state index < -0.39 is 10.0 Å². The number of aromatic nitrogens is 3. The Bertz CT molecular complexity index is 1910. The van der Waals surface area contributed by atoms with Gasteiger partial charge in [-0.25, -0.2) is 18.1 Å². The van der Waals surface area contributed by atoms with Crippen molar-refractivity contribution >= 4 is 32.7 Å². The Balaban J connectivity index is 1.23. The Morgan fingerprint density at radius 2 is 1.74 bits per heavy atom. The van der Waals surface area contributed by atoms with Gasteiger partial charge in [0.05, 0.1) is 22.5 Å². The molecule has 0 aliphatic heterocycles. The van der Waals surface area contributed by atoms with Crippen molar-refractivity contribution in [2.75, 3.05) is 13.2 Å². The number of oxime groups is 1. The van der Waals surface area contributed by atoms with Crippen LogP contribution >= 0.6 is 0 Å². The molecule has 0 bridgehead atoms. The fraction of sp³-hybridized carbons (Fsp3) is 0.257. The molecular formula is C35H37N5O5S. The molecule has 1 N–H and O–H groups in total. The zero-order valence-corrected chi connectivity index (χ0v) is 26.7. The third-order valence-electron chi connectivity index (χ3n) is 7.35. The van der Waals surface area contributed by atoms with Gasteiger partial charge in [-0.2, -0.15) is 0 Å². The third kappa shape index (κ3) is 8.43. The Morgan fingerprint density at radius 3 is 2.52 bits per heavy atom. The Morgan fingerprint density at radius 1 is 0.935 bits per heavy atom. The van der Waals surface area contributed by atoms with Crippen LogP contribution in [0.3, 0.4) is 0 Å². The fourth-order valence-corrected chi connectivity index (χ4v) is 6.01. The van der Waals surface area contributed by atoms with E-state index in [0.29, 0.717) is 44.7 Å². The van der Waals surface area contributed by atoms with Gasteiger partial charge >= 0.3 is 5.97 Å². The van der Waals surface area contributed by atoms with Crippen LogP contribution < -0.4 is 4.72 Å². The lowest BCUT2D eigenvalue weighted by molar-refractivity contribution is -0.143. The minimum atomic E-state index is -3.77. The molecule has 0 unspecified atom stereocenters. The van der Waals surface area contributed by atoms with Crippen LogP contribution in [0.25, 0.3) is 11.0 Å². The van der Waals surface area contributed by atoms with E-state index in [1.807, 2.05) is 79.7 Å². The number of hydrogen-bond acceptors (Lipinski definition) is 8. The third-order valence-corrected chi connectivity index (χ3v) is 8.77. The van der Waals surface area contributed by atoms with Crippen LogP contribution in [0.2, 0.25) is 0 Å². The van der Waals surface area contributed by atoms with Crippen LogP contribution in [-0.2, 0) is 37.5 Å². The molecule has 46 heavy (non-hydrogen) atoms. The maximum atomic E-state index is 13.2. The predicted octanol–water partition coefficient (Wildman–Crippen LogP) is 5.77. The van der Waals surface area contributed by atoms with Crippen molar-refractivity contribution in [1.82, 2.24) is 19.3 Å². The summed E-state index contributed by atoms with van der Waals surface area (Å²) in [5.74, 6) is 0.678. The number of sulfonamides is 1. The van der Waals surface area contributed by atoms with Gasteiger partial charge in [0.1, 0.15) is 18.1 Å². The van der Waals surface area contributed by atoms with Crippen molar-refractivity contribution < 1.29 is 22.8 Å². The zero-order valence-electron chi connectivity index (χ0n) is 25.9. The summed E-state index contributed by atoms with van der Waals surface area (Å²) in [6, 6.07) is 26.0. The molecule has 2 aromatic heterocycles. The van der Waals surface area contributed by atoms with E-state index in [9.17, 15) is 13.2 Å². The van der Waals surface area contributed by atoms with Crippen molar-refractivity contribution in [2.24, 2.45) is 5.16 Å². The molecule has 11 heteroatoms. The molecule has 0 amide bonds. The van der Waals surface area contributed by atoms with E-state index in [0.717, 1.165) is 39.1 Å². The number of fused-ring (bicyclic) bond motifs is 1. The lowest BCUT2D eigenvalue weighted by Gasteiger charge is -2.11. The van der Waals surface area contributed by atoms with Crippen LogP contribution in [0.4, 0.5) is 0 Å². The van der Waals surface area contributed by atoms with Gasteiger partial charge < -0.3 is 14.1 Å². The van der Waals surface area contributed by atoms with Gasteiger partial charge in [-0.15, -0.1) is 0 Å². The number of imidazole rings is 1. The Kier molecular flexibility index (Phi) is 10.9. The summed E-state index contributed by atoms with van der Waals surface area (Å²) < 4.78 is 36.2. The average molecular weight is 640 g/mol. The first kappa shape index (κ1) is 32.5. The topological polar surface area (TPSA) is 125 Å². The number of nitrogens with one attached hydrogen (secondary N) is 1. The van der Waals surface area contributed by atoms with Crippen molar-refractivity contribution in [3.05, 3.63) is 125 Å². The summed E-state index contributed by atoms with van der Waals surface area (Å²) >= 11 is 0. The van der Waals surface area contributed by atoms with Gasteiger partial charge in [0.2, 0.25) is 10.0 Å². The molecule has 10 nitrogen and oxygen atoms in total. The number of unbranched alkanes of at least 4 members (excludes halogenated alkanes) is 1. The van der Waals surface area contributed by atoms with Crippen LogP contribution in [-0.4, -0.2) is 47.8 Å². The summed E-state index contributed by atoms with van der Waals surface area (Å²) in [6.07, 6.45) is 4.98. The molecule has 0 aliphatic carbocycles. The molecule has 5 rings (SSSR count). The van der Waals surface area contributed by atoms with Crippen molar-refractivity contribution in [3.8, 4) is 0 Å². The molecule has 238 valence electrons. The fourth-order valence-electron chi connectivity index (χ4n) is 5.00. The highest BCUT2D eigenvalue weighted by atomic mass is 32.2. The summed E-state index contributed by atoms with van der Waals surface area (Å²) in [6.45, 7) is 5.13. The standard InChI is InChI=1S/C35H37N5O5S/c1-3-44-34(41)15-6-7-21-45-39-35(30-12-9-20-36-24-30)29-11-8-10-28(22-29)23-37-46(42,43)31-18-16-27(17-19-31)25-40-26(2)38-32-13-4-5-14-33(32)40/h4-5,8-14,16-20,22,24,37H,3,6-7,15,21,23,25H2,1-2H3/b39-35+. The molecule has 0 saturated heterocycles. The molecule has 0 atom stereocenters. The minimum Gasteiger partial charge on any atom is -0.466 e. The number of pyridine rings is 1. The second kappa shape index (κ2) is 15.4. The summed E-state index contributed by atoms with van der Waals surface area (Å²) in [5, 5.41) is 4.39. The van der Waals surface area contributed by atoms with Crippen LogP contribution in [0.1, 0.15) is 54.3 Å². The largest absolute Gasteiger partial charge is 0.466 e. The highest BCUT2D eigenvalue weighted by Gasteiger charge is 2.16. The second-order valence-corrected chi connectivity index (χ2v) is 12.4. The monoisotopic (exact) mass is 639 g/mol. The first-order valence-electron chi connectivity index (χ1n) is 15.2. The predicted molar refractivity (Wildman–Crippen MR) is 177 cm³/mol. The highest BCUT2D eigenvalue weighted by Crippen LogP contribution is 2.19. The number of carbonyl (C=O) groups excluding carboxylic acids is 1. The van der Waals surface area contributed by atoms with Crippen molar-refractivity contribution in [1.29, 1.82) is 0 Å². The summed E-state index contributed by atoms with van der Waals surface area (Å²) in [7, 11) is -3.77. The van der Waals surface area contributed by atoms with Gasteiger partial charge in [-0.3, -0.25) is 9.78 Å². The molecule has 0 aliphatic rings. The van der Waals surface area contributed by atoms with E-state index in [2.05, 4.69) is 24.4 Å². The molecule has 0 fully saturated rings. The van der Waals surface area contributed by atoms with E-state index >= 15 is 0 Å². The number of esters is 1. The lowest BCUT2D eigenvalue weighted by Crippen LogP contribution is -2.23. The number of carbonyl (C=O) groups is 1. The number of benzene rings is 3.